The summed E-state index contributed by atoms with van der Waals surface area (Å²) in [6.45, 7) is 3.77. The van der Waals surface area contributed by atoms with Crippen molar-refractivity contribution in [2.45, 2.75) is 51.5 Å². The number of hydrazine groups is 1. The number of carbonyl (C=O) groups is 3. The van der Waals surface area contributed by atoms with Gasteiger partial charge in [-0.2, -0.15) is 5.01 Å². The lowest BCUT2D eigenvalue weighted by molar-refractivity contribution is -0.134. The first-order valence-electron chi connectivity index (χ1n) is 7.98. The lowest BCUT2D eigenvalue weighted by atomic mass is 9.82. The first kappa shape index (κ1) is 15.5. The number of carbonyl (C=O) groups excluding carboxylic acids is 3. The van der Waals surface area contributed by atoms with Crippen molar-refractivity contribution in [1.82, 2.24) is 15.8 Å². The molecule has 0 atom stereocenters. The van der Waals surface area contributed by atoms with Gasteiger partial charge in [-0.25, -0.2) is 4.79 Å². The van der Waals surface area contributed by atoms with Crippen molar-refractivity contribution >= 4 is 17.8 Å². The number of nitrogens with zero attached hydrogens (tertiary/aromatic N) is 1. The van der Waals surface area contributed by atoms with Crippen LogP contribution in [-0.4, -0.2) is 28.4 Å². The fourth-order valence-electron chi connectivity index (χ4n) is 3.45. The van der Waals surface area contributed by atoms with Gasteiger partial charge in [-0.05, 0) is 38.3 Å². The third-order valence-electron chi connectivity index (χ3n) is 4.71. The van der Waals surface area contributed by atoms with Crippen LogP contribution in [0.5, 0.6) is 0 Å². The third-order valence-corrected chi connectivity index (χ3v) is 4.71. The molecule has 0 radical (unpaired) electrons. The van der Waals surface area contributed by atoms with Gasteiger partial charge < -0.3 is 5.32 Å². The van der Waals surface area contributed by atoms with Crippen LogP contribution >= 0.6 is 0 Å². The molecule has 6 nitrogen and oxygen atoms in total. The maximum Gasteiger partial charge on any atom is 0.344 e. The van der Waals surface area contributed by atoms with Crippen molar-refractivity contribution in [2.24, 2.45) is 0 Å². The maximum atomic E-state index is 12.6. The first-order valence-corrected chi connectivity index (χ1v) is 7.98. The van der Waals surface area contributed by atoms with E-state index in [9.17, 15) is 14.4 Å². The summed E-state index contributed by atoms with van der Waals surface area (Å²) in [6, 6.07) is 4.88. The lowest BCUT2D eigenvalue weighted by Gasteiger charge is -2.30. The first-order chi connectivity index (χ1) is 10.9. The molecule has 2 fully saturated rings. The van der Waals surface area contributed by atoms with Gasteiger partial charge in [0.1, 0.15) is 5.54 Å². The van der Waals surface area contributed by atoms with E-state index in [1.54, 1.807) is 6.07 Å². The van der Waals surface area contributed by atoms with Crippen molar-refractivity contribution in [1.29, 1.82) is 0 Å². The van der Waals surface area contributed by atoms with Crippen LogP contribution in [0.15, 0.2) is 18.2 Å². The second-order valence-electron chi connectivity index (χ2n) is 6.47. The van der Waals surface area contributed by atoms with Crippen LogP contribution in [0.4, 0.5) is 4.79 Å². The van der Waals surface area contributed by atoms with Gasteiger partial charge in [0.15, 0.2) is 0 Å². The van der Waals surface area contributed by atoms with Gasteiger partial charge in [0.2, 0.25) is 0 Å². The van der Waals surface area contributed by atoms with Crippen molar-refractivity contribution in [2.75, 3.05) is 0 Å². The van der Waals surface area contributed by atoms with E-state index in [0.717, 1.165) is 35.4 Å². The van der Waals surface area contributed by atoms with Crippen molar-refractivity contribution in [3.8, 4) is 0 Å². The molecule has 0 bridgehead atoms. The Morgan fingerprint density at radius 1 is 1.17 bits per heavy atom. The molecule has 1 aliphatic carbocycles. The highest BCUT2D eigenvalue weighted by molar-refractivity contribution is 6.09. The van der Waals surface area contributed by atoms with E-state index < -0.39 is 17.5 Å². The maximum absolute atomic E-state index is 12.6. The van der Waals surface area contributed by atoms with E-state index >= 15 is 0 Å². The van der Waals surface area contributed by atoms with Crippen LogP contribution in [0.25, 0.3) is 0 Å². The van der Waals surface area contributed by atoms with Gasteiger partial charge in [-0.1, -0.05) is 37.0 Å². The average Bonchev–Trinajstić information content (AvgIpc) is 2.72. The number of nitrogens with one attached hydrogen (secondary N) is 2. The van der Waals surface area contributed by atoms with Crippen LogP contribution in [0.1, 0.15) is 53.6 Å². The minimum Gasteiger partial charge on any atom is -0.322 e. The molecule has 1 aliphatic heterocycles. The Bertz CT molecular complexity index is 678. The monoisotopic (exact) mass is 315 g/mol. The number of hydrogen-bond acceptors (Lipinski definition) is 3. The van der Waals surface area contributed by atoms with Crippen LogP contribution in [0, 0.1) is 13.8 Å². The number of benzene rings is 1. The van der Waals surface area contributed by atoms with Crippen LogP contribution in [0.3, 0.4) is 0 Å². The fraction of sp³-hybridized carbons (Fsp3) is 0.471. The lowest BCUT2D eigenvalue weighted by Crippen LogP contribution is -2.51. The smallest absolute Gasteiger partial charge is 0.322 e. The fourth-order valence-corrected chi connectivity index (χ4v) is 3.45. The summed E-state index contributed by atoms with van der Waals surface area (Å²) in [4.78, 5) is 37.2. The summed E-state index contributed by atoms with van der Waals surface area (Å²) in [7, 11) is 0. The van der Waals surface area contributed by atoms with Gasteiger partial charge >= 0.3 is 6.03 Å². The summed E-state index contributed by atoms with van der Waals surface area (Å²) in [5.74, 6) is -0.792. The van der Waals surface area contributed by atoms with E-state index in [2.05, 4.69) is 10.7 Å². The van der Waals surface area contributed by atoms with Crippen molar-refractivity contribution in [3.63, 3.8) is 0 Å². The number of aryl methyl sites for hydroxylation is 2. The zero-order valence-corrected chi connectivity index (χ0v) is 13.4. The molecule has 4 amide bonds. The molecule has 2 N–H and O–H groups in total. The largest absolute Gasteiger partial charge is 0.344 e. The predicted octanol–water partition coefficient (Wildman–Crippen LogP) is 2.20. The number of urea groups is 1. The summed E-state index contributed by atoms with van der Waals surface area (Å²) in [5.41, 5.74) is 3.95. The highest BCUT2D eigenvalue weighted by atomic mass is 16.2. The topological polar surface area (TPSA) is 78.5 Å². The zero-order valence-electron chi connectivity index (χ0n) is 13.4. The minimum absolute atomic E-state index is 0.347. The molecule has 0 aromatic heterocycles. The highest BCUT2D eigenvalue weighted by Crippen LogP contribution is 2.33. The standard InChI is InChI=1S/C17H21N3O3/c1-11-6-7-13(12(2)10-11)14(21)19-20-15(22)17(18-16(20)23)8-4-3-5-9-17/h6-7,10H,3-5,8-9H2,1-2H3,(H,18,23)(H,19,21). The van der Waals surface area contributed by atoms with Gasteiger partial charge in [0, 0.05) is 5.56 Å². The van der Waals surface area contributed by atoms with Gasteiger partial charge in [-0.3, -0.25) is 15.0 Å². The Labute approximate surface area is 135 Å². The molecule has 2 aliphatic rings. The van der Waals surface area contributed by atoms with Gasteiger partial charge in [-0.15, -0.1) is 0 Å². The van der Waals surface area contributed by atoms with Gasteiger partial charge in [0.25, 0.3) is 11.8 Å². The molecule has 0 unspecified atom stereocenters. The molecule has 1 saturated heterocycles. The highest BCUT2D eigenvalue weighted by Gasteiger charge is 2.52. The van der Waals surface area contributed by atoms with E-state index in [-0.39, 0.29) is 5.91 Å². The summed E-state index contributed by atoms with van der Waals surface area (Å²) in [5, 5.41) is 3.61. The normalized spacial score (nSPS) is 19.8. The molecule has 1 saturated carbocycles. The molecule has 23 heavy (non-hydrogen) atoms. The zero-order chi connectivity index (χ0) is 16.6. The molecular weight excluding hydrogens is 294 g/mol. The number of amides is 4. The number of hydrogen-bond donors (Lipinski definition) is 2. The summed E-state index contributed by atoms with van der Waals surface area (Å²) < 4.78 is 0. The molecule has 1 aromatic rings. The second kappa shape index (κ2) is 5.68. The van der Waals surface area contributed by atoms with E-state index in [0.29, 0.717) is 18.4 Å². The van der Waals surface area contributed by atoms with Gasteiger partial charge in [0.05, 0.1) is 0 Å². The molecule has 1 spiro atoms. The van der Waals surface area contributed by atoms with Crippen molar-refractivity contribution < 1.29 is 14.4 Å². The molecule has 1 aromatic carbocycles. The second-order valence-corrected chi connectivity index (χ2v) is 6.47. The van der Waals surface area contributed by atoms with Crippen LogP contribution in [0.2, 0.25) is 0 Å². The predicted molar refractivity (Wildman–Crippen MR) is 84.6 cm³/mol. The molecule has 3 rings (SSSR count). The van der Waals surface area contributed by atoms with E-state index in [4.69, 9.17) is 0 Å². The quantitative estimate of drug-likeness (QED) is 0.821. The van der Waals surface area contributed by atoms with Crippen LogP contribution < -0.4 is 10.7 Å². The summed E-state index contributed by atoms with van der Waals surface area (Å²) >= 11 is 0. The molecule has 1 heterocycles. The SMILES string of the molecule is Cc1ccc(C(=O)NN2C(=O)NC3(CCCCC3)C2=O)c(C)c1. The number of imide groups is 1. The number of rotatable bonds is 2. The minimum atomic E-state index is -0.828. The molecule has 122 valence electrons. The Balaban J connectivity index is 1.78. The Kier molecular flexibility index (Phi) is 3.83. The third kappa shape index (κ3) is 2.69. The Morgan fingerprint density at radius 3 is 2.52 bits per heavy atom. The van der Waals surface area contributed by atoms with E-state index in [1.807, 2.05) is 26.0 Å². The average molecular weight is 315 g/mol. The Morgan fingerprint density at radius 2 is 1.87 bits per heavy atom. The van der Waals surface area contributed by atoms with Crippen molar-refractivity contribution in [3.05, 3.63) is 34.9 Å². The molecule has 6 heteroatoms. The molecular formula is C17H21N3O3. The van der Waals surface area contributed by atoms with E-state index in [1.165, 1.54) is 0 Å². The summed E-state index contributed by atoms with van der Waals surface area (Å²) in [6.07, 6.45) is 4.15. The van der Waals surface area contributed by atoms with Crippen LogP contribution in [-0.2, 0) is 4.79 Å². The Hall–Kier alpha value is -2.37.